The van der Waals surface area contributed by atoms with Crippen molar-refractivity contribution in [2.45, 2.75) is 42.4 Å². The molecule has 0 radical (unpaired) electrons. The van der Waals surface area contributed by atoms with Gasteiger partial charge >= 0.3 is 0 Å². The van der Waals surface area contributed by atoms with Gasteiger partial charge in [-0.05, 0) is 31.0 Å². The van der Waals surface area contributed by atoms with Gasteiger partial charge in [-0.1, -0.05) is 25.0 Å². The van der Waals surface area contributed by atoms with Gasteiger partial charge < -0.3 is 0 Å². The largest absolute Gasteiger partial charge is 0.298 e. The molecule has 1 aliphatic carbocycles. The Morgan fingerprint density at radius 2 is 1.95 bits per heavy atom. The summed E-state index contributed by atoms with van der Waals surface area (Å²) in [7, 11) is 0. The van der Waals surface area contributed by atoms with Crippen LogP contribution in [0.2, 0.25) is 0 Å². The zero-order chi connectivity index (χ0) is 13.8. The van der Waals surface area contributed by atoms with E-state index in [1.54, 1.807) is 11.8 Å². The first-order valence-electron chi connectivity index (χ1n) is 7.07. The molecule has 20 heavy (non-hydrogen) atoms. The maximum absolute atomic E-state index is 10.6. The zero-order valence-electron chi connectivity index (χ0n) is 11.4. The Bertz CT molecular complexity index is 570. The second-order valence-electron chi connectivity index (χ2n) is 5.20. The van der Waals surface area contributed by atoms with Gasteiger partial charge in [-0.2, -0.15) is 5.10 Å². The van der Waals surface area contributed by atoms with Crippen LogP contribution in [0, 0.1) is 0 Å². The summed E-state index contributed by atoms with van der Waals surface area (Å²) in [5.41, 5.74) is 1.85. The second kappa shape index (κ2) is 6.27. The van der Waals surface area contributed by atoms with Crippen molar-refractivity contribution in [1.82, 2.24) is 9.78 Å². The summed E-state index contributed by atoms with van der Waals surface area (Å²) in [6.45, 7) is 0. The number of benzene rings is 1. The highest BCUT2D eigenvalue weighted by Crippen LogP contribution is 2.29. The summed E-state index contributed by atoms with van der Waals surface area (Å²) in [5.74, 6) is 0.875. The van der Waals surface area contributed by atoms with Gasteiger partial charge in [0.2, 0.25) is 0 Å². The number of aldehydes is 1. The SMILES string of the molecule is O=Cc1ccc(SCc2ccn(C3CCCC3)n2)cc1. The summed E-state index contributed by atoms with van der Waals surface area (Å²) >= 11 is 1.76. The van der Waals surface area contributed by atoms with Gasteiger partial charge in [-0.3, -0.25) is 9.48 Å². The van der Waals surface area contributed by atoms with E-state index in [1.165, 1.54) is 30.6 Å². The predicted molar refractivity (Wildman–Crippen MR) is 81.1 cm³/mol. The molecule has 2 aromatic rings. The molecule has 0 atom stereocenters. The molecule has 1 aromatic carbocycles. The monoisotopic (exact) mass is 286 g/mol. The first-order chi connectivity index (χ1) is 9.85. The van der Waals surface area contributed by atoms with Crippen LogP contribution in [-0.4, -0.2) is 16.1 Å². The number of hydrogen-bond acceptors (Lipinski definition) is 3. The minimum absolute atomic E-state index is 0.612. The topological polar surface area (TPSA) is 34.9 Å². The van der Waals surface area contributed by atoms with E-state index in [2.05, 4.69) is 22.0 Å². The van der Waals surface area contributed by atoms with E-state index in [0.717, 1.165) is 23.3 Å². The van der Waals surface area contributed by atoms with Gasteiger partial charge in [-0.15, -0.1) is 11.8 Å². The van der Waals surface area contributed by atoms with E-state index in [-0.39, 0.29) is 0 Å². The lowest BCUT2D eigenvalue weighted by molar-refractivity contribution is 0.112. The number of nitrogens with zero attached hydrogens (tertiary/aromatic N) is 2. The van der Waals surface area contributed by atoms with Crippen LogP contribution >= 0.6 is 11.8 Å². The molecule has 0 amide bonds. The summed E-state index contributed by atoms with van der Waals surface area (Å²) in [6, 6.07) is 10.4. The fourth-order valence-electron chi connectivity index (χ4n) is 2.63. The zero-order valence-corrected chi connectivity index (χ0v) is 12.2. The third-order valence-corrected chi connectivity index (χ3v) is 4.81. The van der Waals surface area contributed by atoms with Crippen LogP contribution in [0.15, 0.2) is 41.4 Å². The fraction of sp³-hybridized carbons (Fsp3) is 0.375. The number of thioether (sulfide) groups is 1. The molecule has 1 saturated carbocycles. The van der Waals surface area contributed by atoms with E-state index in [1.807, 2.05) is 24.3 Å². The maximum atomic E-state index is 10.6. The highest BCUT2D eigenvalue weighted by Gasteiger charge is 2.17. The standard InChI is InChI=1S/C16H18N2OS/c19-11-13-5-7-16(8-6-13)20-12-14-9-10-18(17-14)15-3-1-2-4-15/h5-11,15H,1-4,12H2. The quantitative estimate of drug-likeness (QED) is 0.613. The molecular formula is C16H18N2OS. The van der Waals surface area contributed by atoms with Crippen molar-refractivity contribution < 1.29 is 4.79 Å². The first kappa shape index (κ1) is 13.4. The van der Waals surface area contributed by atoms with Crippen LogP contribution in [0.25, 0.3) is 0 Å². The fourth-order valence-corrected chi connectivity index (χ4v) is 3.42. The van der Waals surface area contributed by atoms with Crippen LogP contribution in [0.4, 0.5) is 0 Å². The number of carbonyl (C=O) groups is 1. The summed E-state index contributed by atoms with van der Waals surface area (Å²) in [5, 5.41) is 4.68. The highest BCUT2D eigenvalue weighted by atomic mass is 32.2. The van der Waals surface area contributed by atoms with Crippen molar-refractivity contribution in [2.75, 3.05) is 0 Å². The number of carbonyl (C=O) groups excluding carboxylic acids is 1. The van der Waals surface area contributed by atoms with Crippen LogP contribution in [0.5, 0.6) is 0 Å². The highest BCUT2D eigenvalue weighted by molar-refractivity contribution is 7.98. The number of aromatic nitrogens is 2. The van der Waals surface area contributed by atoms with E-state index in [0.29, 0.717) is 6.04 Å². The molecule has 104 valence electrons. The van der Waals surface area contributed by atoms with Gasteiger partial charge in [0, 0.05) is 22.4 Å². The lowest BCUT2D eigenvalue weighted by atomic mass is 10.2. The summed E-state index contributed by atoms with van der Waals surface area (Å²) in [4.78, 5) is 11.8. The van der Waals surface area contributed by atoms with Crippen molar-refractivity contribution in [3.05, 3.63) is 47.8 Å². The van der Waals surface area contributed by atoms with E-state index < -0.39 is 0 Å². The van der Waals surface area contributed by atoms with Gasteiger partial charge in [0.15, 0.2) is 0 Å². The Kier molecular flexibility index (Phi) is 4.21. The van der Waals surface area contributed by atoms with Crippen molar-refractivity contribution in [2.24, 2.45) is 0 Å². The molecule has 1 aliphatic rings. The summed E-state index contributed by atoms with van der Waals surface area (Å²) in [6.07, 6.45) is 8.18. The lowest BCUT2D eigenvalue weighted by Crippen LogP contribution is -2.05. The second-order valence-corrected chi connectivity index (χ2v) is 6.25. The van der Waals surface area contributed by atoms with Gasteiger partial charge in [0.1, 0.15) is 6.29 Å². The molecule has 0 N–H and O–H groups in total. The Morgan fingerprint density at radius 1 is 1.20 bits per heavy atom. The van der Waals surface area contributed by atoms with Gasteiger partial charge in [-0.25, -0.2) is 0 Å². The predicted octanol–water partition coefficient (Wildman–Crippen LogP) is 4.10. The molecule has 3 nitrogen and oxygen atoms in total. The molecule has 0 spiro atoms. The average molecular weight is 286 g/mol. The van der Waals surface area contributed by atoms with Crippen molar-refractivity contribution in [1.29, 1.82) is 0 Å². The van der Waals surface area contributed by atoms with Crippen LogP contribution in [0.1, 0.15) is 47.8 Å². The first-order valence-corrected chi connectivity index (χ1v) is 8.06. The molecule has 0 saturated heterocycles. The van der Waals surface area contributed by atoms with Crippen LogP contribution in [0.3, 0.4) is 0 Å². The van der Waals surface area contributed by atoms with Gasteiger partial charge in [0.05, 0.1) is 11.7 Å². The van der Waals surface area contributed by atoms with Crippen molar-refractivity contribution in [3.8, 4) is 0 Å². The maximum Gasteiger partial charge on any atom is 0.150 e. The molecule has 3 rings (SSSR count). The minimum Gasteiger partial charge on any atom is -0.298 e. The molecule has 1 aromatic heterocycles. The molecule has 1 fully saturated rings. The number of hydrogen-bond donors (Lipinski definition) is 0. The molecule has 0 bridgehead atoms. The Labute approximate surface area is 123 Å². The van der Waals surface area contributed by atoms with E-state index >= 15 is 0 Å². The third kappa shape index (κ3) is 3.12. The molecule has 1 heterocycles. The minimum atomic E-state index is 0.612. The van der Waals surface area contributed by atoms with Crippen molar-refractivity contribution >= 4 is 18.0 Å². The smallest absolute Gasteiger partial charge is 0.150 e. The summed E-state index contributed by atoms with van der Waals surface area (Å²) < 4.78 is 2.14. The molecular weight excluding hydrogens is 268 g/mol. The molecule has 0 unspecified atom stereocenters. The van der Waals surface area contributed by atoms with E-state index in [4.69, 9.17) is 0 Å². The van der Waals surface area contributed by atoms with Crippen molar-refractivity contribution in [3.63, 3.8) is 0 Å². The van der Waals surface area contributed by atoms with Gasteiger partial charge in [0.25, 0.3) is 0 Å². The number of rotatable bonds is 5. The Hall–Kier alpha value is -1.55. The average Bonchev–Trinajstić information content (AvgIpc) is 3.16. The van der Waals surface area contributed by atoms with Crippen LogP contribution in [-0.2, 0) is 5.75 Å². The molecule has 0 aliphatic heterocycles. The van der Waals surface area contributed by atoms with Crippen LogP contribution < -0.4 is 0 Å². The third-order valence-electron chi connectivity index (χ3n) is 3.77. The Morgan fingerprint density at radius 3 is 2.65 bits per heavy atom. The lowest BCUT2D eigenvalue weighted by Gasteiger charge is -2.08. The normalized spacial score (nSPS) is 15.6. The van der Waals surface area contributed by atoms with E-state index in [9.17, 15) is 4.79 Å². The Balaban J connectivity index is 1.58. The molecule has 4 heteroatoms.